The van der Waals surface area contributed by atoms with Crippen LogP contribution in [0.25, 0.3) is 11.1 Å². The molecule has 0 aliphatic carbocycles. The van der Waals surface area contributed by atoms with E-state index in [2.05, 4.69) is 63.6 Å². The number of rotatable bonds is 0. The third-order valence-electron chi connectivity index (χ3n) is 4.35. The van der Waals surface area contributed by atoms with E-state index in [1.165, 1.54) is 26.5 Å². The topological polar surface area (TPSA) is 23.8 Å². The molecule has 0 aromatic heterocycles. The monoisotopic (exact) mass is 295 g/mol. The Bertz CT molecular complexity index is 773. The number of hydrogen-bond acceptors (Lipinski definition) is 1. The Labute approximate surface area is 128 Å². The first-order valence-corrected chi connectivity index (χ1v) is 9.62. The van der Waals surface area contributed by atoms with Gasteiger partial charge in [-0.15, -0.1) is 0 Å². The van der Waals surface area contributed by atoms with Gasteiger partial charge >= 0.3 is 0 Å². The quantitative estimate of drug-likeness (QED) is 0.645. The van der Waals surface area contributed by atoms with Crippen LogP contribution in [0.1, 0.15) is 31.9 Å². The average molecular weight is 295 g/mol. The predicted molar refractivity (Wildman–Crippen MR) is 91.3 cm³/mol. The van der Waals surface area contributed by atoms with E-state index in [0.717, 1.165) is 5.56 Å². The van der Waals surface area contributed by atoms with Crippen molar-refractivity contribution in [1.29, 1.82) is 5.26 Å². The third kappa shape index (κ3) is 2.08. The van der Waals surface area contributed by atoms with E-state index in [1.54, 1.807) is 0 Å². The molecule has 21 heavy (non-hydrogen) atoms. The van der Waals surface area contributed by atoms with Crippen LogP contribution in [0.2, 0.25) is 0 Å². The lowest BCUT2D eigenvalue weighted by Gasteiger charge is -2.30. The van der Waals surface area contributed by atoms with Gasteiger partial charge in [0.05, 0.1) is 11.6 Å². The van der Waals surface area contributed by atoms with Crippen LogP contribution in [0.5, 0.6) is 0 Å². The molecule has 108 valence electrons. The fraction of sp³-hybridized carbons (Fsp3) is 0.316. The molecule has 1 aliphatic rings. The molecule has 2 aromatic rings. The molecule has 1 heterocycles. The Kier molecular flexibility index (Phi) is 2.97. The third-order valence-corrected chi connectivity index (χ3v) is 7.24. The molecule has 0 saturated heterocycles. The summed E-state index contributed by atoms with van der Waals surface area (Å²) in [6.45, 7) is 6.77. The summed E-state index contributed by atoms with van der Waals surface area (Å²) in [4.78, 5) is 2.86. The smallest absolute Gasteiger partial charge is 0.0991 e. The van der Waals surface area contributed by atoms with Crippen molar-refractivity contribution in [2.24, 2.45) is 0 Å². The van der Waals surface area contributed by atoms with Gasteiger partial charge in [-0.2, -0.15) is 15.3 Å². The Balaban J connectivity index is 2.28. The molecule has 0 atom stereocenters. The molecular weight excluding hydrogens is 274 g/mol. The summed E-state index contributed by atoms with van der Waals surface area (Å²) >= 11 is 0. The van der Waals surface area contributed by atoms with E-state index in [4.69, 9.17) is 5.26 Å². The lowest BCUT2D eigenvalue weighted by Crippen LogP contribution is -2.11. The highest BCUT2D eigenvalue weighted by Gasteiger charge is 2.32. The summed E-state index contributed by atoms with van der Waals surface area (Å²) in [6, 6.07) is 15.3. The standard InChI is InChI=1S/C19H21NS/c1-19(2,3)14-7-8-15-16-10-13(12-20)6-9-17(16)21(4,5)18(15)11-14/h6-11H,1-5H3. The van der Waals surface area contributed by atoms with Crippen LogP contribution in [0.4, 0.5) is 0 Å². The fourth-order valence-electron chi connectivity index (χ4n) is 3.01. The number of hydrogen-bond donors (Lipinski definition) is 0. The number of nitriles is 1. The molecule has 3 rings (SSSR count). The predicted octanol–water partition coefficient (Wildman–Crippen LogP) is 5.32. The van der Waals surface area contributed by atoms with E-state index in [1.807, 2.05) is 12.1 Å². The van der Waals surface area contributed by atoms with Crippen LogP contribution in [0, 0.1) is 11.3 Å². The Morgan fingerprint density at radius 1 is 0.905 bits per heavy atom. The lowest BCUT2D eigenvalue weighted by molar-refractivity contribution is 0.589. The second-order valence-corrected chi connectivity index (χ2v) is 10.6. The first-order chi connectivity index (χ1) is 9.75. The summed E-state index contributed by atoms with van der Waals surface area (Å²) in [5.41, 5.74) is 4.86. The molecule has 0 bridgehead atoms. The fourth-order valence-corrected chi connectivity index (χ4v) is 5.52. The first kappa shape index (κ1) is 14.2. The molecule has 0 fully saturated rings. The largest absolute Gasteiger partial charge is 0.192 e. The number of nitrogens with zero attached hydrogens (tertiary/aromatic N) is 1. The summed E-state index contributed by atoms with van der Waals surface area (Å²) in [7, 11) is -0.982. The van der Waals surface area contributed by atoms with E-state index >= 15 is 0 Å². The van der Waals surface area contributed by atoms with Crippen LogP contribution in [-0.4, -0.2) is 12.5 Å². The van der Waals surface area contributed by atoms with Crippen molar-refractivity contribution >= 4 is 10.0 Å². The van der Waals surface area contributed by atoms with Crippen molar-refractivity contribution in [2.75, 3.05) is 12.5 Å². The summed E-state index contributed by atoms with van der Waals surface area (Å²) in [5.74, 6) is 0. The van der Waals surface area contributed by atoms with Crippen molar-refractivity contribution in [1.82, 2.24) is 0 Å². The maximum absolute atomic E-state index is 9.15. The molecule has 0 N–H and O–H groups in total. The van der Waals surface area contributed by atoms with Gasteiger partial charge in [-0.1, -0.05) is 32.9 Å². The van der Waals surface area contributed by atoms with Gasteiger partial charge in [0.1, 0.15) is 0 Å². The number of benzene rings is 2. The number of fused-ring (bicyclic) bond motifs is 3. The zero-order valence-electron chi connectivity index (χ0n) is 13.3. The molecule has 2 heteroatoms. The highest BCUT2D eigenvalue weighted by molar-refractivity contribution is 8.33. The minimum atomic E-state index is -0.982. The Morgan fingerprint density at radius 3 is 2.24 bits per heavy atom. The van der Waals surface area contributed by atoms with Gasteiger partial charge in [0, 0.05) is 9.79 Å². The molecule has 0 radical (unpaired) electrons. The zero-order chi connectivity index (χ0) is 15.4. The molecule has 0 saturated carbocycles. The highest BCUT2D eigenvalue weighted by atomic mass is 32.3. The molecule has 0 unspecified atom stereocenters. The maximum Gasteiger partial charge on any atom is 0.0991 e. The minimum absolute atomic E-state index is 0.164. The maximum atomic E-state index is 9.15. The summed E-state index contributed by atoms with van der Waals surface area (Å²) in [6.07, 6.45) is 4.71. The highest BCUT2D eigenvalue weighted by Crippen LogP contribution is 2.67. The van der Waals surface area contributed by atoms with Gasteiger partial charge in [-0.05, 0) is 58.9 Å². The van der Waals surface area contributed by atoms with E-state index in [0.29, 0.717) is 0 Å². The average Bonchev–Trinajstić information content (AvgIpc) is 2.66. The summed E-state index contributed by atoms with van der Waals surface area (Å²) < 4.78 is 0. The van der Waals surface area contributed by atoms with E-state index < -0.39 is 10.0 Å². The molecular formula is C19H21NS. The SMILES string of the molecule is CC(C)(C)c1ccc2c(c1)S(C)(C)c1ccc(C#N)cc1-2. The van der Waals surface area contributed by atoms with Crippen molar-refractivity contribution in [3.8, 4) is 17.2 Å². The van der Waals surface area contributed by atoms with Gasteiger partial charge in [0.15, 0.2) is 0 Å². The molecule has 1 nitrogen and oxygen atoms in total. The van der Waals surface area contributed by atoms with Crippen LogP contribution in [0.3, 0.4) is 0 Å². The van der Waals surface area contributed by atoms with Crippen molar-refractivity contribution in [2.45, 2.75) is 36.0 Å². The minimum Gasteiger partial charge on any atom is -0.192 e. The van der Waals surface area contributed by atoms with Crippen LogP contribution in [0.15, 0.2) is 46.2 Å². The normalized spacial score (nSPS) is 16.8. The van der Waals surface area contributed by atoms with E-state index in [9.17, 15) is 0 Å². The van der Waals surface area contributed by atoms with Crippen LogP contribution >= 0.6 is 10.0 Å². The van der Waals surface area contributed by atoms with Gasteiger partial charge < -0.3 is 0 Å². The Morgan fingerprint density at radius 2 is 1.62 bits per heavy atom. The first-order valence-electron chi connectivity index (χ1n) is 7.17. The van der Waals surface area contributed by atoms with Crippen molar-refractivity contribution in [3.05, 3.63) is 47.5 Å². The van der Waals surface area contributed by atoms with Gasteiger partial charge in [0.25, 0.3) is 0 Å². The van der Waals surface area contributed by atoms with Gasteiger partial charge in [-0.3, -0.25) is 0 Å². The lowest BCUT2D eigenvalue weighted by atomic mass is 9.86. The van der Waals surface area contributed by atoms with Gasteiger partial charge in [0.2, 0.25) is 0 Å². The zero-order valence-corrected chi connectivity index (χ0v) is 14.1. The Hall–Kier alpha value is -1.72. The molecule has 0 amide bonds. The van der Waals surface area contributed by atoms with Crippen molar-refractivity contribution < 1.29 is 0 Å². The molecule has 2 aromatic carbocycles. The second kappa shape index (κ2) is 4.39. The summed E-state index contributed by atoms with van der Waals surface area (Å²) in [5, 5.41) is 9.15. The van der Waals surface area contributed by atoms with Crippen LogP contribution < -0.4 is 0 Å². The van der Waals surface area contributed by atoms with Gasteiger partial charge in [-0.25, -0.2) is 0 Å². The molecule has 1 aliphatic heterocycles. The van der Waals surface area contributed by atoms with Crippen LogP contribution in [-0.2, 0) is 5.41 Å². The molecule has 0 spiro atoms. The second-order valence-electron chi connectivity index (χ2n) is 7.11. The van der Waals surface area contributed by atoms with E-state index in [-0.39, 0.29) is 5.41 Å². The van der Waals surface area contributed by atoms with Crippen molar-refractivity contribution in [3.63, 3.8) is 0 Å².